The summed E-state index contributed by atoms with van der Waals surface area (Å²) in [6, 6.07) is 9.61. The van der Waals surface area contributed by atoms with Crippen LogP contribution in [0.2, 0.25) is 0 Å². The van der Waals surface area contributed by atoms with Crippen LogP contribution in [-0.2, 0) is 11.2 Å². The van der Waals surface area contributed by atoms with Crippen molar-refractivity contribution in [3.63, 3.8) is 0 Å². The molecule has 1 fully saturated rings. The van der Waals surface area contributed by atoms with E-state index >= 15 is 0 Å². The molecule has 1 aliphatic rings. The van der Waals surface area contributed by atoms with Crippen molar-refractivity contribution >= 4 is 5.91 Å². The van der Waals surface area contributed by atoms with Gasteiger partial charge in [0, 0.05) is 12.6 Å². The van der Waals surface area contributed by atoms with Crippen molar-refractivity contribution in [2.75, 3.05) is 6.54 Å². The SMILES string of the molecule is CC1CC1CN(C(=O)Cc1ccc(C#N)cc1)C(C)C. The molecule has 0 aliphatic heterocycles. The molecule has 1 aromatic carbocycles. The van der Waals surface area contributed by atoms with E-state index in [0.29, 0.717) is 17.9 Å². The van der Waals surface area contributed by atoms with E-state index in [1.165, 1.54) is 6.42 Å². The zero-order valence-electron chi connectivity index (χ0n) is 12.5. The van der Waals surface area contributed by atoms with Crippen molar-refractivity contribution in [1.82, 2.24) is 4.90 Å². The third-order valence-corrected chi connectivity index (χ3v) is 4.09. The normalized spacial score (nSPS) is 20.6. The minimum atomic E-state index is 0.184. The van der Waals surface area contributed by atoms with Gasteiger partial charge in [-0.25, -0.2) is 0 Å². The highest BCUT2D eigenvalue weighted by atomic mass is 16.2. The molecular weight excluding hydrogens is 248 g/mol. The van der Waals surface area contributed by atoms with Crippen molar-refractivity contribution in [2.45, 2.75) is 39.7 Å². The summed E-state index contributed by atoms with van der Waals surface area (Å²) < 4.78 is 0. The highest BCUT2D eigenvalue weighted by Gasteiger charge is 2.35. The zero-order chi connectivity index (χ0) is 14.7. The lowest BCUT2D eigenvalue weighted by Crippen LogP contribution is -2.39. The maximum absolute atomic E-state index is 12.4. The first-order valence-electron chi connectivity index (χ1n) is 7.29. The van der Waals surface area contributed by atoms with Gasteiger partial charge in [-0.2, -0.15) is 5.26 Å². The van der Waals surface area contributed by atoms with Crippen LogP contribution < -0.4 is 0 Å². The molecule has 1 saturated carbocycles. The lowest BCUT2D eigenvalue weighted by atomic mass is 10.1. The molecule has 2 rings (SSSR count). The van der Waals surface area contributed by atoms with E-state index in [9.17, 15) is 4.79 Å². The average Bonchev–Trinajstić information content (AvgIpc) is 3.12. The van der Waals surface area contributed by atoms with Crippen molar-refractivity contribution in [3.05, 3.63) is 35.4 Å². The van der Waals surface area contributed by atoms with Gasteiger partial charge in [0.2, 0.25) is 5.91 Å². The van der Waals surface area contributed by atoms with Crippen molar-refractivity contribution in [3.8, 4) is 6.07 Å². The molecule has 3 nitrogen and oxygen atoms in total. The van der Waals surface area contributed by atoms with Gasteiger partial charge in [-0.15, -0.1) is 0 Å². The summed E-state index contributed by atoms with van der Waals surface area (Å²) in [6.45, 7) is 7.27. The van der Waals surface area contributed by atoms with E-state index in [-0.39, 0.29) is 11.9 Å². The lowest BCUT2D eigenvalue weighted by Gasteiger charge is -2.27. The van der Waals surface area contributed by atoms with Crippen LogP contribution in [0.1, 0.15) is 38.3 Å². The second kappa shape index (κ2) is 6.09. The smallest absolute Gasteiger partial charge is 0.227 e. The van der Waals surface area contributed by atoms with Gasteiger partial charge in [0.05, 0.1) is 18.1 Å². The van der Waals surface area contributed by atoms with Gasteiger partial charge in [0.15, 0.2) is 0 Å². The van der Waals surface area contributed by atoms with Crippen LogP contribution in [0.3, 0.4) is 0 Å². The molecule has 2 atom stereocenters. The van der Waals surface area contributed by atoms with Crippen LogP contribution in [0.15, 0.2) is 24.3 Å². The van der Waals surface area contributed by atoms with E-state index in [2.05, 4.69) is 26.8 Å². The Labute approximate surface area is 121 Å². The Hall–Kier alpha value is -1.82. The van der Waals surface area contributed by atoms with E-state index in [1.54, 1.807) is 12.1 Å². The molecule has 0 spiro atoms. The molecule has 0 aromatic heterocycles. The van der Waals surface area contributed by atoms with Gasteiger partial charge in [-0.05, 0) is 49.8 Å². The molecular formula is C17H22N2O. The third kappa shape index (κ3) is 3.60. The number of hydrogen-bond acceptors (Lipinski definition) is 2. The van der Waals surface area contributed by atoms with Gasteiger partial charge in [-0.3, -0.25) is 4.79 Å². The highest BCUT2D eigenvalue weighted by molar-refractivity contribution is 5.79. The fraction of sp³-hybridized carbons (Fsp3) is 0.529. The Bertz CT molecular complexity index is 513. The fourth-order valence-corrected chi connectivity index (χ4v) is 2.48. The Kier molecular flexibility index (Phi) is 4.44. The van der Waals surface area contributed by atoms with Gasteiger partial charge >= 0.3 is 0 Å². The molecule has 20 heavy (non-hydrogen) atoms. The van der Waals surface area contributed by atoms with Gasteiger partial charge < -0.3 is 4.90 Å². The summed E-state index contributed by atoms with van der Waals surface area (Å²) in [7, 11) is 0. The largest absolute Gasteiger partial charge is 0.340 e. The lowest BCUT2D eigenvalue weighted by molar-refractivity contribution is -0.132. The summed E-state index contributed by atoms with van der Waals surface area (Å²) in [5.41, 5.74) is 1.61. The first-order chi connectivity index (χ1) is 9.51. The Morgan fingerprint density at radius 1 is 1.40 bits per heavy atom. The zero-order valence-corrected chi connectivity index (χ0v) is 12.5. The molecule has 2 unspecified atom stereocenters. The molecule has 0 heterocycles. The summed E-state index contributed by atoms with van der Waals surface area (Å²) in [6.07, 6.45) is 1.67. The Morgan fingerprint density at radius 3 is 2.45 bits per heavy atom. The topological polar surface area (TPSA) is 44.1 Å². The number of nitrogens with zero attached hydrogens (tertiary/aromatic N) is 2. The molecule has 0 N–H and O–H groups in total. The number of amides is 1. The summed E-state index contributed by atoms with van der Waals surface area (Å²) in [4.78, 5) is 14.4. The van der Waals surface area contributed by atoms with Crippen molar-refractivity contribution in [1.29, 1.82) is 5.26 Å². The fourth-order valence-electron chi connectivity index (χ4n) is 2.48. The Morgan fingerprint density at radius 2 is 2.00 bits per heavy atom. The molecule has 0 radical (unpaired) electrons. The second-order valence-corrected chi connectivity index (χ2v) is 6.10. The number of carbonyl (C=O) groups excluding carboxylic acids is 1. The molecule has 1 aromatic rings. The van der Waals surface area contributed by atoms with Gasteiger partial charge in [-0.1, -0.05) is 19.1 Å². The van der Waals surface area contributed by atoms with E-state index in [4.69, 9.17) is 5.26 Å². The van der Waals surface area contributed by atoms with E-state index < -0.39 is 0 Å². The van der Waals surface area contributed by atoms with E-state index in [1.807, 2.05) is 17.0 Å². The van der Waals surface area contributed by atoms with Crippen LogP contribution in [0, 0.1) is 23.2 Å². The molecule has 106 valence electrons. The average molecular weight is 270 g/mol. The molecule has 1 aliphatic carbocycles. The number of nitriles is 1. The summed E-state index contributed by atoms with van der Waals surface area (Å²) in [5.74, 6) is 1.63. The second-order valence-electron chi connectivity index (χ2n) is 6.10. The first-order valence-corrected chi connectivity index (χ1v) is 7.29. The summed E-state index contributed by atoms with van der Waals surface area (Å²) in [5, 5.41) is 8.78. The van der Waals surface area contributed by atoms with Crippen molar-refractivity contribution in [2.24, 2.45) is 11.8 Å². The number of hydrogen-bond donors (Lipinski definition) is 0. The van der Waals surface area contributed by atoms with Crippen LogP contribution in [0.5, 0.6) is 0 Å². The molecule has 1 amide bonds. The van der Waals surface area contributed by atoms with Crippen molar-refractivity contribution < 1.29 is 4.79 Å². The molecule has 3 heteroatoms. The first kappa shape index (κ1) is 14.6. The number of benzene rings is 1. The maximum Gasteiger partial charge on any atom is 0.227 e. The van der Waals surface area contributed by atoms with Crippen LogP contribution >= 0.6 is 0 Å². The van der Waals surface area contributed by atoms with Crippen LogP contribution in [-0.4, -0.2) is 23.4 Å². The maximum atomic E-state index is 12.4. The Balaban J connectivity index is 1.98. The van der Waals surface area contributed by atoms with E-state index in [0.717, 1.165) is 18.0 Å². The predicted molar refractivity (Wildman–Crippen MR) is 79.0 cm³/mol. The third-order valence-electron chi connectivity index (χ3n) is 4.09. The highest BCUT2D eigenvalue weighted by Crippen LogP contribution is 2.38. The number of carbonyl (C=O) groups is 1. The quantitative estimate of drug-likeness (QED) is 0.825. The van der Waals surface area contributed by atoms with Gasteiger partial charge in [0.25, 0.3) is 0 Å². The molecule has 0 saturated heterocycles. The van der Waals surface area contributed by atoms with Crippen LogP contribution in [0.4, 0.5) is 0 Å². The predicted octanol–water partition coefficient (Wildman–Crippen LogP) is 2.99. The van der Waals surface area contributed by atoms with Crippen LogP contribution in [0.25, 0.3) is 0 Å². The molecule has 0 bridgehead atoms. The van der Waals surface area contributed by atoms with Gasteiger partial charge in [0.1, 0.15) is 0 Å². The minimum absolute atomic E-state index is 0.184. The minimum Gasteiger partial charge on any atom is -0.340 e. The standard InChI is InChI=1S/C17H22N2O/c1-12(2)19(11-16-8-13(16)3)17(20)9-14-4-6-15(10-18)7-5-14/h4-7,12-13,16H,8-9,11H2,1-3H3. The summed E-state index contributed by atoms with van der Waals surface area (Å²) >= 11 is 0. The monoisotopic (exact) mass is 270 g/mol. The number of rotatable bonds is 5.